The molecule has 1 amide bonds. The maximum Gasteiger partial charge on any atom is 0.252 e. The lowest BCUT2D eigenvalue weighted by molar-refractivity contribution is 0.0922. The molecule has 0 aliphatic carbocycles. The maximum absolute atomic E-state index is 12.4. The molecule has 0 spiro atoms. The third-order valence-electron chi connectivity index (χ3n) is 3.98. The number of nitrogens with zero attached hydrogens (tertiary/aromatic N) is 3. The fourth-order valence-corrected chi connectivity index (χ4v) is 2.76. The standard InChI is InChI=1S/C17H22N4O/c1-19-21-11-7-3-2-4-9-15(13-21)20-17(22)16-10-6-5-8-14(16)12-18/h5-6,8,10,15H,1-4,7,9,11,13H2,(H,20,22). The second-order valence-corrected chi connectivity index (χ2v) is 5.58. The number of amides is 1. The molecule has 1 unspecified atom stereocenters. The number of carbonyl (C=O) groups excluding carboxylic acids is 1. The van der Waals surface area contributed by atoms with Crippen LogP contribution in [0.5, 0.6) is 0 Å². The zero-order valence-corrected chi connectivity index (χ0v) is 12.8. The summed E-state index contributed by atoms with van der Waals surface area (Å²) in [6.07, 6.45) is 5.48. The van der Waals surface area contributed by atoms with Crippen LogP contribution in [-0.2, 0) is 0 Å². The summed E-state index contributed by atoms with van der Waals surface area (Å²) in [5.41, 5.74) is 0.838. The van der Waals surface area contributed by atoms with Gasteiger partial charge in [0.1, 0.15) is 0 Å². The molecule has 116 valence electrons. The van der Waals surface area contributed by atoms with E-state index in [-0.39, 0.29) is 11.9 Å². The molecule has 1 aromatic rings. The molecule has 0 aromatic heterocycles. The van der Waals surface area contributed by atoms with Crippen molar-refractivity contribution >= 4 is 12.6 Å². The first-order valence-electron chi connectivity index (χ1n) is 7.76. The van der Waals surface area contributed by atoms with Crippen LogP contribution >= 0.6 is 0 Å². The third-order valence-corrected chi connectivity index (χ3v) is 3.98. The lowest BCUT2D eigenvalue weighted by Gasteiger charge is -2.24. The normalized spacial score (nSPS) is 19.2. The SMILES string of the molecule is C=NN1CCCCCCC(NC(=O)c2ccccc2C#N)C1. The highest BCUT2D eigenvalue weighted by molar-refractivity contribution is 5.96. The second-order valence-electron chi connectivity index (χ2n) is 5.58. The minimum atomic E-state index is -0.189. The Morgan fingerprint density at radius 3 is 2.86 bits per heavy atom. The maximum atomic E-state index is 12.4. The summed E-state index contributed by atoms with van der Waals surface area (Å²) in [4.78, 5) is 12.4. The van der Waals surface area contributed by atoms with E-state index in [9.17, 15) is 4.79 Å². The predicted molar refractivity (Wildman–Crippen MR) is 86.6 cm³/mol. The Kier molecular flexibility index (Phi) is 5.96. The summed E-state index contributed by atoms with van der Waals surface area (Å²) in [5, 5.41) is 18.1. The van der Waals surface area contributed by atoms with Gasteiger partial charge in [-0.2, -0.15) is 10.4 Å². The van der Waals surface area contributed by atoms with E-state index in [1.807, 2.05) is 5.01 Å². The van der Waals surface area contributed by atoms with E-state index >= 15 is 0 Å². The lowest BCUT2D eigenvalue weighted by atomic mass is 10.1. The molecule has 1 aliphatic rings. The van der Waals surface area contributed by atoms with Crippen molar-refractivity contribution < 1.29 is 4.79 Å². The highest BCUT2D eigenvalue weighted by Gasteiger charge is 2.19. The Hall–Kier alpha value is -2.35. The van der Waals surface area contributed by atoms with Crippen molar-refractivity contribution in [3.05, 3.63) is 35.4 Å². The minimum Gasteiger partial charge on any atom is -0.347 e. The molecule has 0 bridgehead atoms. The number of nitrogens with one attached hydrogen (secondary N) is 1. The van der Waals surface area contributed by atoms with Crippen LogP contribution < -0.4 is 5.32 Å². The number of hydrogen-bond acceptors (Lipinski definition) is 4. The number of nitriles is 1. The lowest BCUT2D eigenvalue weighted by Crippen LogP contribution is -2.42. The quantitative estimate of drug-likeness (QED) is 0.872. The second kappa shape index (κ2) is 8.18. The molecule has 2 rings (SSSR count). The van der Waals surface area contributed by atoms with E-state index in [0.717, 1.165) is 25.8 Å². The predicted octanol–water partition coefficient (Wildman–Crippen LogP) is 2.54. The Bertz CT molecular complexity index is 564. The van der Waals surface area contributed by atoms with Crippen molar-refractivity contribution in [1.82, 2.24) is 10.3 Å². The highest BCUT2D eigenvalue weighted by Crippen LogP contribution is 2.13. The molecule has 0 radical (unpaired) electrons. The molecule has 5 heteroatoms. The highest BCUT2D eigenvalue weighted by atomic mass is 16.1. The summed E-state index contributed by atoms with van der Waals surface area (Å²) < 4.78 is 0. The summed E-state index contributed by atoms with van der Waals surface area (Å²) in [5.74, 6) is -0.189. The van der Waals surface area contributed by atoms with Crippen LogP contribution in [0.25, 0.3) is 0 Å². The smallest absolute Gasteiger partial charge is 0.252 e. The topological polar surface area (TPSA) is 68.5 Å². The van der Waals surface area contributed by atoms with Gasteiger partial charge in [-0.25, -0.2) is 0 Å². The summed E-state index contributed by atoms with van der Waals surface area (Å²) >= 11 is 0. The van der Waals surface area contributed by atoms with Gasteiger partial charge in [-0.05, 0) is 25.0 Å². The fourth-order valence-electron chi connectivity index (χ4n) is 2.76. The molecule has 1 saturated heterocycles. The van der Waals surface area contributed by atoms with Gasteiger partial charge in [0, 0.05) is 19.3 Å². The molecule has 1 aromatic carbocycles. The van der Waals surface area contributed by atoms with Crippen molar-refractivity contribution in [1.29, 1.82) is 5.26 Å². The van der Waals surface area contributed by atoms with Gasteiger partial charge >= 0.3 is 0 Å². The average molecular weight is 298 g/mol. The first-order chi connectivity index (χ1) is 10.7. The Morgan fingerprint density at radius 2 is 2.09 bits per heavy atom. The average Bonchev–Trinajstić information content (AvgIpc) is 2.66. The van der Waals surface area contributed by atoms with Crippen molar-refractivity contribution in [2.75, 3.05) is 13.1 Å². The molecule has 1 N–H and O–H groups in total. The molecule has 1 fully saturated rings. The number of hydrazone groups is 1. The van der Waals surface area contributed by atoms with E-state index in [1.54, 1.807) is 24.3 Å². The van der Waals surface area contributed by atoms with Crippen molar-refractivity contribution in [2.24, 2.45) is 5.10 Å². The summed E-state index contributed by atoms with van der Waals surface area (Å²) in [6.45, 7) is 5.16. The van der Waals surface area contributed by atoms with Crippen molar-refractivity contribution in [2.45, 2.75) is 38.1 Å². The fraction of sp³-hybridized carbons (Fsp3) is 0.471. The van der Waals surface area contributed by atoms with E-state index in [0.29, 0.717) is 17.7 Å². The Labute approximate surface area is 131 Å². The molecule has 1 heterocycles. The van der Waals surface area contributed by atoms with Crippen LogP contribution in [0.3, 0.4) is 0 Å². The largest absolute Gasteiger partial charge is 0.347 e. The van der Waals surface area contributed by atoms with Gasteiger partial charge in [-0.3, -0.25) is 9.80 Å². The molecule has 22 heavy (non-hydrogen) atoms. The molecule has 5 nitrogen and oxygen atoms in total. The van der Waals surface area contributed by atoms with Crippen molar-refractivity contribution in [3.8, 4) is 6.07 Å². The van der Waals surface area contributed by atoms with Crippen LogP contribution in [0, 0.1) is 11.3 Å². The first kappa shape index (κ1) is 16.0. The molecular weight excluding hydrogens is 276 g/mol. The minimum absolute atomic E-state index is 0.0304. The van der Waals surface area contributed by atoms with E-state index in [1.165, 1.54) is 12.8 Å². The summed E-state index contributed by atoms with van der Waals surface area (Å²) in [7, 11) is 0. The van der Waals surface area contributed by atoms with Crippen molar-refractivity contribution in [3.63, 3.8) is 0 Å². The molecular formula is C17H22N4O. The number of benzene rings is 1. The van der Waals surface area contributed by atoms with Crippen LogP contribution in [0.2, 0.25) is 0 Å². The van der Waals surface area contributed by atoms with Crippen LogP contribution in [0.15, 0.2) is 29.4 Å². The van der Waals surface area contributed by atoms with E-state index in [4.69, 9.17) is 5.26 Å². The molecule has 0 saturated carbocycles. The summed E-state index contributed by atoms with van der Waals surface area (Å²) in [6, 6.07) is 8.98. The van der Waals surface area contributed by atoms with Gasteiger partial charge in [-0.1, -0.05) is 31.4 Å². The first-order valence-corrected chi connectivity index (χ1v) is 7.76. The zero-order valence-electron chi connectivity index (χ0n) is 12.8. The van der Waals surface area contributed by atoms with E-state index in [2.05, 4.69) is 23.2 Å². The van der Waals surface area contributed by atoms with E-state index < -0.39 is 0 Å². The van der Waals surface area contributed by atoms with Gasteiger partial charge in [0.2, 0.25) is 0 Å². The number of hydrogen-bond donors (Lipinski definition) is 1. The van der Waals surface area contributed by atoms with Gasteiger partial charge in [0.15, 0.2) is 0 Å². The number of rotatable bonds is 3. The van der Waals surface area contributed by atoms with Gasteiger partial charge in [0.25, 0.3) is 5.91 Å². The van der Waals surface area contributed by atoms with Gasteiger partial charge in [-0.15, -0.1) is 0 Å². The Morgan fingerprint density at radius 1 is 1.32 bits per heavy atom. The Balaban J connectivity index is 2.07. The van der Waals surface area contributed by atoms with Gasteiger partial charge < -0.3 is 5.32 Å². The zero-order chi connectivity index (χ0) is 15.8. The number of carbonyl (C=O) groups is 1. The third kappa shape index (κ3) is 4.32. The van der Waals surface area contributed by atoms with Gasteiger partial charge in [0.05, 0.1) is 23.7 Å². The van der Waals surface area contributed by atoms with Crippen LogP contribution in [0.4, 0.5) is 0 Å². The molecule has 1 atom stereocenters. The van der Waals surface area contributed by atoms with Crippen LogP contribution in [0.1, 0.15) is 48.0 Å². The van der Waals surface area contributed by atoms with Crippen LogP contribution in [-0.4, -0.2) is 36.8 Å². The monoisotopic (exact) mass is 298 g/mol. The molecule has 1 aliphatic heterocycles.